The first-order chi connectivity index (χ1) is 7.52. The largest absolute Gasteiger partial charge is 0.377 e. The van der Waals surface area contributed by atoms with Gasteiger partial charge in [0, 0.05) is 19.7 Å². The number of hydrogen-bond donors (Lipinski definition) is 1. The Hall–Kier alpha value is -0.340. The number of methoxy groups -OCH3 is 1. The van der Waals surface area contributed by atoms with E-state index in [0.29, 0.717) is 6.04 Å². The van der Waals surface area contributed by atoms with Gasteiger partial charge in [-0.15, -0.1) is 0 Å². The Balaban J connectivity index is 1.81. The van der Waals surface area contributed by atoms with E-state index in [1.54, 1.807) is 7.11 Å². The van der Waals surface area contributed by atoms with Crippen LogP contribution in [0.4, 0.5) is 0 Å². The molecule has 2 heteroatoms. The number of ether oxygens (including phenoxy) is 1. The highest BCUT2D eigenvalue weighted by molar-refractivity contribution is 5.11. The lowest BCUT2D eigenvalue weighted by Gasteiger charge is -2.30. The average Bonchev–Trinajstić information content (AvgIpc) is 2.87. The van der Waals surface area contributed by atoms with Crippen LogP contribution in [0.15, 0.2) is 12.2 Å². The summed E-state index contributed by atoms with van der Waals surface area (Å²) in [5.74, 6) is 2.54. The first-order valence-corrected chi connectivity index (χ1v) is 6.49. The van der Waals surface area contributed by atoms with Gasteiger partial charge in [0.15, 0.2) is 0 Å². The van der Waals surface area contributed by atoms with E-state index in [4.69, 9.17) is 4.74 Å². The van der Waals surface area contributed by atoms with Crippen LogP contribution in [-0.4, -0.2) is 25.3 Å². The molecule has 2 aliphatic carbocycles. The number of nitrogens with one attached hydrogen (secondary N) is 1. The van der Waals surface area contributed by atoms with Crippen LogP contribution in [0.5, 0.6) is 0 Å². The molecule has 2 nitrogen and oxygen atoms in total. The van der Waals surface area contributed by atoms with Crippen molar-refractivity contribution in [1.82, 2.24) is 5.32 Å². The van der Waals surface area contributed by atoms with Gasteiger partial charge in [-0.05, 0) is 51.4 Å². The van der Waals surface area contributed by atoms with Crippen LogP contribution in [0, 0.1) is 17.8 Å². The molecule has 0 saturated heterocycles. The SMILES string of the molecule is COC(C)(C)CNC(C)C1CC2C=CC1C2. The molecule has 0 aromatic carbocycles. The van der Waals surface area contributed by atoms with Crippen molar-refractivity contribution in [2.45, 2.75) is 45.3 Å². The van der Waals surface area contributed by atoms with Crippen molar-refractivity contribution >= 4 is 0 Å². The van der Waals surface area contributed by atoms with Gasteiger partial charge >= 0.3 is 0 Å². The minimum atomic E-state index is -0.0539. The Morgan fingerprint density at radius 2 is 2.12 bits per heavy atom. The molecule has 0 amide bonds. The second-order valence-electron chi connectivity index (χ2n) is 6.08. The smallest absolute Gasteiger partial charge is 0.0746 e. The maximum absolute atomic E-state index is 5.44. The summed E-state index contributed by atoms with van der Waals surface area (Å²) in [4.78, 5) is 0. The van der Waals surface area contributed by atoms with Crippen LogP contribution in [0.2, 0.25) is 0 Å². The van der Waals surface area contributed by atoms with Crippen LogP contribution < -0.4 is 5.32 Å². The van der Waals surface area contributed by atoms with Crippen LogP contribution in [-0.2, 0) is 4.74 Å². The number of rotatable bonds is 5. The molecule has 1 N–H and O–H groups in total. The van der Waals surface area contributed by atoms with E-state index >= 15 is 0 Å². The molecule has 0 heterocycles. The Kier molecular flexibility index (Phi) is 3.41. The summed E-state index contributed by atoms with van der Waals surface area (Å²) in [7, 11) is 1.78. The van der Waals surface area contributed by atoms with Crippen molar-refractivity contribution in [3.05, 3.63) is 12.2 Å². The number of allylic oxidation sites excluding steroid dienone is 2. The third kappa shape index (κ3) is 2.49. The second kappa shape index (κ2) is 4.50. The standard InChI is InChI=1S/C14H25NO/c1-10(15-9-14(2,3)16-4)13-8-11-5-6-12(13)7-11/h5-6,10-13,15H,7-9H2,1-4H3. The third-order valence-electron chi connectivity index (χ3n) is 4.37. The molecular weight excluding hydrogens is 198 g/mol. The van der Waals surface area contributed by atoms with E-state index in [1.165, 1.54) is 12.8 Å². The van der Waals surface area contributed by atoms with E-state index in [1.807, 2.05) is 0 Å². The fourth-order valence-corrected chi connectivity index (χ4v) is 3.03. The minimum Gasteiger partial charge on any atom is -0.377 e. The summed E-state index contributed by atoms with van der Waals surface area (Å²) in [6.45, 7) is 7.52. The van der Waals surface area contributed by atoms with Gasteiger partial charge in [0.05, 0.1) is 5.60 Å². The predicted octanol–water partition coefficient (Wildman–Crippen LogP) is 2.60. The number of fused-ring (bicyclic) bond motifs is 2. The van der Waals surface area contributed by atoms with E-state index in [2.05, 4.69) is 38.2 Å². The highest BCUT2D eigenvalue weighted by Crippen LogP contribution is 2.44. The van der Waals surface area contributed by atoms with Gasteiger partial charge < -0.3 is 10.1 Å². The predicted molar refractivity (Wildman–Crippen MR) is 67.4 cm³/mol. The summed E-state index contributed by atoms with van der Waals surface area (Å²) < 4.78 is 5.44. The van der Waals surface area contributed by atoms with Gasteiger partial charge in [-0.25, -0.2) is 0 Å². The monoisotopic (exact) mass is 223 g/mol. The Bertz CT molecular complexity index is 272. The van der Waals surface area contributed by atoms with Crippen LogP contribution in [0.1, 0.15) is 33.6 Å². The lowest BCUT2D eigenvalue weighted by molar-refractivity contribution is 0.0195. The topological polar surface area (TPSA) is 21.3 Å². The minimum absolute atomic E-state index is 0.0539. The summed E-state index contributed by atoms with van der Waals surface area (Å²) in [5.41, 5.74) is -0.0539. The van der Waals surface area contributed by atoms with Gasteiger partial charge in [-0.3, -0.25) is 0 Å². The van der Waals surface area contributed by atoms with Gasteiger partial charge in [0.1, 0.15) is 0 Å². The first-order valence-electron chi connectivity index (χ1n) is 6.49. The fourth-order valence-electron chi connectivity index (χ4n) is 3.03. The van der Waals surface area contributed by atoms with Crippen molar-refractivity contribution in [1.29, 1.82) is 0 Å². The molecule has 1 saturated carbocycles. The van der Waals surface area contributed by atoms with Crippen molar-refractivity contribution in [3.63, 3.8) is 0 Å². The molecule has 1 fully saturated rings. The zero-order valence-electron chi connectivity index (χ0n) is 11.0. The van der Waals surface area contributed by atoms with Crippen LogP contribution in [0.25, 0.3) is 0 Å². The highest BCUT2D eigenvalue weighted by atomic mass is 16.5. The second-order valence-corrected chi connectivity index (χ2v) is 6.08. The quantitative estimate of drug-likeness (QED) is 0.723. The third-order valence-corrected chi connectivity index (χ3v) is 4.37. The molecule has 92 valence electrons. The molecule has 0 aromatic rings. The van der Waals surface area contributed by atoms with E-state index in [-0.39, 0.29) is 5.60 Å². The Morgan fingerprint density at radius 3 is 2.62 bits per heavy atom. The maximum Gasteiger partial charge on any atom is 0.0746 e. The molecule has 0 aromatic heterocycles. The Labute approximate surface area is 99.4 Å². The first kappa shape index (κ1) is 12.1. The van der Waals surface area contributed by atoms with Crippen LogP contribution in [0.3, 0.4) is 0 Å². The highest BCUT2D eigenvalue weighted by Gasteiger charge is 2.38. The van der Waals surface area contributed by atoms with Crippen LogP contribution >= 0.6 is 0 Å². The molecule has 2 rings (SSSR count). The van der Waals surface area contributed by atoms with E-state index < -0.39 is 0 Å². The van der Waals surface area contributed by atoms with Crippen molar-refractivity contribution < 1.29 is 4.74 Å². The fraction of sp³-hybridized carbons (Fsp3) is 0.857. The lowest BCUT2D eigenvalue weighted by Crippen LogP contribution is -2.44. The van der Waals surface area contributed by atoms with Crippen molar-refractivity contribution in [2.75, 3.05) is 13.7 Å². The summed E-state index contributed by atoms with van der Waals surface area (Å²) in [6, 6.07) is 0.606. The molecular formula is C14H25NO. The van der Waals surface area contributed by atoms with Crippen molar-refractivity contribution in [3.8, 4) is 0 Å². The van der Waals surface area contributed by atoms with Gasteiger partial charge in [0.25, 0.3) is 0 Å². The van der Waals surface area contributed by atoms with Crippen molar-refractivity contribution in [2.24, 2.45) is 17.8 Å². The molecule has 4 unspecified atom stereocenters. The molecule has 0 spiro atoms. The van der Waals surface area contributed by atoms with Gasteiger partial charge in [-0.2, -0.15) is 0 Å². The Morgan fingerprint density at radius 1 is 1.38 bits per heavy atom. The molecule has 0 aliphatic heterocycles. The van der Waals surface area contributed by atoms with E-state index in [0.717, 1.165) is 24.3 Å². The molecule has 4 atom stereocenters. The number of hydrogen-bond acceptors (Lipinski definition) is 2. The summed E-state index contributed by atoms with van der Waals surface area (Å²) in [6.07, 6.45) is 7.61. The molecule has 2 aliphatic rings. The van der Waals surface area contributed by atoms with E-state index in [9.17, 15) is 0 Å². The van der Waals surface area contributed by atoms with Gasteiger partial charge in [0.2, 0.25) is 0 Å². The zero-order valence-corrected chi connectivity index (χ0v) is 11.0. The van der Waals surface area contributed by atoms with Gasteiger partial charge in [-0.1, -0.05) is 12.2 Å². The summed E-state index contributed by atoms with van der Waals surface area (Å²) >= 11 is 0. The normalized spacial score (nSPS) is 34.6. The molecule has 0 radical (unpaired) electrons. The molecule has 16 heavy (non-hydrogen) atoms. The molecule has 2 bridgehead atoms. The summed E-state index contributed by atoms with van der Waals surface area (Å²) in [5, 5.41) is 3.64. The zero-order chi connectivity index (χ0) is 11.8. The lowest BCUT2D eigenvalue weighted by atomic mass is 9.87. The average molecular weight is 223 g/mol. The maximum atomic E-state index is 5.44.